The first kappa shape index (κ1) is 16.5. The van der Waals surface area contributed by atoms with Crippen LogP contribution < -0.4 is 0 Å². The molecule has 0 bridgehead atoms. The van der Waals surface area contributed by atoms with Gasteiger partial charge in [0.2, 0.25) is 0 Å². The van der Waals surface area contributed by atoms with E-state index in [-0.39, 0.29) is 24.2 Å². The van der Waals surface area contributed by atoms with Crippen molar-refractivity contribution in [2.24, 2.45) is 5.92 Å². The molecule has 0 amide bonds. The van der Waals surface area contributed by atoms with Crippen molar-refractivity contribution >= 4 is 5.97 Å². The third kappa shape index (κ3) is 2.66. The van der Waals surface area contributed by atoms with E-state index in [9.17, 15) is 18.0 Å². The number of halogens is 4. The molecule has 0 aliphatic heterocycles. The minimum atomic E-state index is -2.12. The van der Waals surface area contributed by atoms with Crippen molar-refractivity contribution in [1.29, 1.82) is 0 Å². The Kier molecular flexibility index (Phi) is 4.07. The van der Waals surface area contributed by atoms with Crippen LogP contribution in [-0.2, 0) is 15.2 Å². The van der Waals surface area contributed by atoms with Crippen molar-refractivity contribution in [2.75, 3.05) is 6.61 Å². The number of hydrogen-bond acceptors (Lipinski definition) is 2. The van der Waals surface area contributed by atoms with Crippen LogP contribution >= 0.6 is 0 Å². The molecule has 126 valence electrons. The third-order valence-electron chi connectivity index (χ3n) is 4.13. The molecule has 2 aromatic carbocycles. The number of ether oxygens (including phenoxy) is 1. The Balaban J connectivity index is 2.10. The fourth-order valence-corrected chi connectivity index (χ4v) is 2.89. The minimum Gasteiger partial charge on any atom is -0.466 e. The zero-order valence-electron chi connectivity index (χ0n) is 12.8. The molecular weight excluding hydrogens is 324 g/mol. The Morgan fingerprint density at radius 2 is 1.88 bits per heavy atom. The van der Waals surface area contributed by atoms with Crippen LogP contribution in [0.5, 0.6) is 0 Å². The Bertz CT molecular complexity index is 785. The first-order chi connectivity index (χ1) is 11.4. The molecule has 2 aromatic rings. The SMILES string of the molecule is CCOC(=O)[C@@H]1C[C@@]1(F)c1ccc(F)cc1-c1c(F)cccc1F. The van der Waals surface area contributed by atoms with E-state index in [1.54, 1.807) is 6.92 Å². The number of hydrogen-bond donors (Lipinski definition) is 0. The van der Waals surface area contributed by atoms with Gasteiger partial charge in [0, 0.05) is 6.42 Å². The van der Waals surface area contributed by atoms with Gasteiger partial charge >= 0.3 is 5.97 Å². The van der Waals surface area contributed by atoms with Crippen LogP contribution in [0.25, 0.3) is 11.1 Å². The number of carbonyl (C=O) groups excluding carboxylic acids is 1. The molecule has 2 atom stereocenters. The van der Waals surface area contributed by atoms with Gasteiger partial charge in [-0.05, 0) is 42.3 Å². The first-order valence-electron chi connectivity index (χ1n) is 7.48. The number of benzene rings is 2. The molecule has 0 N–H and O–H groups in total. The Morgan fingerprint density at radius 1 is 1.21 bits per heavy atom. The summed E-state index contributed by atoms with van der Waals surface area (Å²) < 4.78 is 61.7. The van der Waals surface area contributed by atoms with Crippen molar-refractivity contribution in [3.63, 3.8) is 0 Å². The molecular formula is C18H14F4O2. The Labute approximate surface area is 136 Å². The largest absolute Gasteiger partial charge is 0.466 e. The number of rotatable bonds is 4. The molecule has 0 saturated heterocycles. The number of esters is 1. The van der Waals surface area contributed by atoms with Crippen LogP contribution in [0.15, 0.2) is 36.4 Å². The van der Waals surface area contributed by atoms with E-state index in [1.807, 2.05) is 0 Å². The second-order valence-electron chi connectivity index (χ2n) is 5.66. The van der Waals surface area contributed by atoms with Gasteiger partial charge in [-0.3, -0.25) is 4.79 Å². The van der Waals surface area contributed by atoms with Gasteiger partial charge < -0.3 is 4.74 Å². The standard InChI is InChI=1S/C18H14F4O2/c1-2-24-17(23)13-9-18(13,22)12-7-6-10(19)8-11(12)16-14(20)4-3-5-15(16)21/h3-8,13H,2,9H2,1H3/t13-,18+/m0/s1. The zero-order valence-corrected chi connectivity index (χ0v) is 12.8. The van der Waals surface area contributed by atoms with Crippen molar-refractivity contribution in [3.8, 4) is 11.1 Å². The van der Waals surface area contributed by atoms with Gasteiger partial charge in [0.25, 0.3) is 0 Å². The average molecular weight is 338 g/mol. The summed E-state index contributed by atoms with van der Waals surface area (Å²) in [6, 6.07) is 6.17. The molecule has 1 aliphatic carbocycles. The molecule has 0 radical (unpaired) electrons. The summed E-state index contributed by atoms with van der Waals surface area (Å²) in [5.41, 5.74) is -2.99. The molecule has 24 heavy (non-hydrogen) atoms. The highest BCUT2D eigenvalue weighted by atomic mass is 19.2. The van der Waals surface area contributed by atoms with E-state index in [0.717, 1.165) is 36.4 Å². The van der Waals surface area contributed by atoms with Crippen LogP contribution in [0.2, 0.25) is 0 Å². The highest BCUT2D eigenvalue weighted by Crippen LogP contribution is 2.58. The van der Waals surface area contributed by atoms with E-state index in [1.165, 1.54) is 0 Å². The quantitative estimate of drug-likeness (QED) is 0.605. The van der Waals surface area contributed by atoms with Crippen LogP contribution in [0.1, 0.15) is 18.9 Å². The molecule has 1 aliphatic rings. The van der Waals surface area contributed by atoms with Gasteiger partial charge in [0.05, 0.1) is 18.1 Å². The van der Waals surface area contributed by atoms with E-state index >= 15 is 4.39 Å². The van der Waals surface area contributed by atoms with Crippen molar-refractivity contribution in [1.82, 2.24) is 0 Å². The molecule has 6 heteroatoms. The Hall–Kier alpha value is -2.37. The third-order valence-corrected chi connectivity index (χ3v) is 4.13. The number of carbonyl (C=O) groups is 1. The second kappa shape index (κ2) is 5.92. The summed E-state index contributed by atoms with van der Waals surface area (Å²) in [6.07, 6.45) is -0.166. The molecule has 0 spiro atoms. The van der Waals surface area contributed by atoms with Gasteiger partial charge in [-0.25, -0.2) is 17.6 Å². The summed E-state index contributed by atoms with van der Waals surface area (Å²) in [5.74, 6) is -4.40. The smallest absolute Gasteiger partial charge is 0.312 e. The van der Waals surface area contributed by atoms with Gasteiger partial charge in [-0.2, -0.15) is 0 Å². The molecule has 2 nitrogen and oxygen atoms in total. The van der Waals surface area contributed by atoms with Gasteiger partial charge in [0.1, 0.15) is 17.5 Å². The van der Waals surface area contributed by atoms with Gasteiger partial charge in [0.15, 0.2) is 5.67 Å². The van der Waals surface area contributed by atoms with Gasteiger partial charge in [-0.1, -0.05) is 12.1 Å². The molecule has 0 heterocycles. The van der Waals surface area contributed by atoms with Crippen molar-refractivity contribution in [3.05, 3.63) is 59.4 Å². The predicted molar refractivity (Wildman–Crippen MR) is 79.3 cm³/mol. The molecule has 0 unspecified atom stereocenters. The lowest BCUT2D eigenvalue weighted by Crippen LogP contribution is -2.15. The lowest BCUT2D eigenvalue weighted by Gasteiger charge is -2.15. The second-order valence-corrected chi connectivity index (χ2v) is 5.66. The monoisotopic (exact) mass is 338 g/mol. The minimum absolute atomic E-state index is 0.101. The lowest BCUT2D eigenvalue weighted by atomic mass is 9.93. The molecule has 1 saturated carbocycles. The van der Waals surface area contributed by atoms with Crippen LogP contribution in [-0.4, -0.2) is 12.6 Å². The summed E-state index contributed by atoms with van der Waals surface area (Å²) in [4.78, 5) is 11.8. The normalized spacial score (nSPS) is 22.3. The van der Waals surface area contributed by atoms with Crippen molar-refractivity contribution in [2.45, 2.75) is 19.0 Å². The van der Waals surface area contributed by atoms with E-state index < -0.39 is 40.6 Å². The van der Waals surface area contributed by atoms with Gasteiger partial charge in [-0.15, -0.1) is 0 Å². The average Bonchev–Trinajstić information content (AvgIpc) is 3.20. The first-order valence-corrected chi connectivity index (χ1v) is 7.48. The molecule has 3 rings (SSSR count). The van der Waals surface area contributed by atoms with E-state index in [0.29, 0.717) is 0 Å². The van der Waals surface area contributed by atoms with Crippen LogP contribution in [0, 0.1) is 23.4 Å². The predicted octanol–water partition coefficient (Wildman–Crippen LogP) is 4.52. The maximum Gasteiger partial charge on any atom is 0.312 e. The summed E-state index contributed by atoms with van der Waals surface area (Å²) in [5, 5.41) is 0. The van der Waals surface area contributed by atoms with Crippen LogP contribution in [0.4, 0.5) is 17.6 Å². The highest BCUT2D eigenvalue weighted by Gasteiger charge is 2.62. The molecule has 0 aromatic heterocycles. The zero-order chi connectivity index (χ0) is 17.5. The Morgan fingerprint density at radius 3 is 2.50 bits per heavy atom. The number of alkyl halides is 1. The van der Waals surface area contributed by atoms with E-state index in [2.05, 4.69) is 0 Å². The lowest BCUT2D eigenvalue weighted by molar-refractivity contribution is -0.145. The van der Waals surface area contributed by atoms with E-state index in [4.69, 9.17) is 4.74 Å². The maximum atomic E-state index is 15.1. The van der Waals surface area contributed by atoms with Crippen LogP contribution in [0.3, 0.4) is 0 Å². The topological polar surface area (TPSA) is 26.3 Å². The fourth-order valence-electron chi connectivity index (χ4n) is 2.89. The summed E-state index contributed by atoms with van der Waals surface area (Å²) in [6.45, 7) is 1.70. The summed E-state index contributed by atoms with van der Waals surface area (Å²) >= 11 is 0. The molecule has 1 fully saturated rings. The maximum absolute atomic E-state index is 15.1. The summed E-state index contributed by atoms with van der Waals surface area (Å²) in [7, 11) is 0. The fraction of sp³-hybridized carbons (Fsp3) is 0.278. The highest BCUT2D eigenvalue weighted by molar-refractivity contribution is 5.81. The van der Waals surface area contributed by atoms with Crippen molar-refractivity contribution < 1.29 is 27.1 Å².